The first-order chi connectivity index (χ1) is 11.4. The van der Waals surface area contributed by atoms with Crippen LogP contribution in [0.2, 0.25) is 0 Å². The summed E-state index contributed by atoms with van der Waals surface area (Å²) in [6, 6.07) is 0.285. The number of methoxy groups -OCH3 is 1. The Hall–Kier alpha value is -1.67. The SMILES string of the molecule is CCN(CC(=O)O)C1CC(NC(=O)C2CC(=O)N(CCOC)C2)C1. The van der Waals surface area contributed by atoms with Gasteiger partial charge in [0, 0.05) is 38.7 Å². The number of hydrogen-bond acceptors (Lipinski definition) is 5. The van der Waals surface area contributed by atoms with Gasteiger partial charge in [-0.25, -0.2) is 0 Å². The smallest absolute Gasteiger partial charge is 0.317 e. The van der Waals surface area contributed by atoms with Crippen molar-refractivity contribution in [3.05, 3.63) is 0 Å². The zero-order valence-corrected chi connectivity index (χ0v) is 14.4. The van der Waals surface area contributed by atoms with Crippen molar-refractivity contribution in [2.24, 2.45) is 5.92 Å². The van der Waals surface area contributed by atoms with Gasteiger partial charge < -0.3 is 20.1 Å². The van der Waals surface area contributed by atoms with Gasteiger partial charge in [0.05, 0.1) is 19.1 Å². The lowest BCUT2D eigenvalue weighted by atomic mass is 9.85. The van der Waals surface area contributed by atoms with Crippen molar-refractivity contribution in [2.45, 2.75) is 38.3 Å². The maximum Gasteiger partial charge on any atom is 0.317 e. The molecule has 136 valence electrons. The summed E-state index contributed by atoms with van der Waals surface area (Å²) in [5.41, 5.74) is 0. The second-order valence-electron chi connectivity index (χ2n) is 6.52. The van der Waals surface area contributed by atoms with Gasteiger partial charge in [0.1, 0.15) is 0 Å². The van der Waals surface area contributed by atoms with E-state index in [0.717, 1.165) is 12.8 Å². The highest BCUT2D eigenvalue weighted by atomic mass is 16.5. The van der Waals surface area contributed by atoms with E-state index in [0.29, 0.717) is 26.2 Å². The van der Waals surface area contributed by atoms with Gasteiger partial charge in [0.15, 0.2) is 0 Å². The quantitative estimate of drug-likeness (QED) is 0.588. The molecule has 2 N–H and O–H groups in total. The lowest BCUT2D eigenvalue weighted by Crippen LogP contribution is -2.55. The van der Waals surface area contributed by atoms with Crippen molar-refractivity contribution in [3.8, 4) is 0 Å². The van der Waals surface area contributed by atoms with Gasteiger partial charge in [0.25, 0.3) is 0 Å². The van der Waals surface area contributed by atoms with E-state index in [4.69, 9.17) is 9.84 Å². The van der Waals surface area contributed by atoms with Gasteiger partial charge in [0.2, 0.25) is 11.8 Å². The molecule has 2 amide bonds. The molecule has 0 radical (unpaired) electrons. The zero-order chi connectivity index (χ0) is 17.7. The van der Waals surface area contributed by atoms with Crippen LogP contribution in [-0.2, 0) is 19.1 Å². The monoisotopic (exact) mass is 341 g/mol. The van der Waals surface area contributed by atoms with Crippen molar-refractivity contribution in [3.63, 3.8) is 0 Å². The highest BCUT2D eigenvalue weighted by Gasteiger charge is 2.38. The number of amides is 2. The molecule has 0 aromatic rings. The van der Waals surface area contributed by atoms with Crippen molar-refractivity contribution in [1.82, 2.24) is 15.1 Å². The number of carboxylic acid groups (broad SMARTS) is 1. The summed E-state index contributed by atoms with van der Waals surface area (Å²) in [5, 5.41) is 11.9. The predicted molar refractivity (Wildman–Crippen MR) is 86.4 cm³/mol. The third kappa shape index (κ3) is 4.67. The molecule has 1 saturated carbocycles. The molecule has 8 nitrogen and oxygen atoms in total. The number of carbonyl (C=O) groups is 3. The molecule has 8 heteroatoms. The molecule has 0 aromatic heterocycles. The minimum atomic E-state index is -0.829. The second kappa shape index (κ2) is 8.43. The van der Waals surface area contributed by atoms with E-state index in [9.17, 15) is 14.4 Å². The molecule has 1 unspecified atom stereocenters. The van der Waals surface area contributed by atoms with Crippen LogP contribution in [0.25, 0.3) is 0 Å². The molecule has 24 heavy (non-hydrogen) atoms. The number of likely N-dealkylation sites (tertiary alicyclic amines) is 1. The standard InChI is InChI=1S/C16H27N3O5/c1-3-18(10-15(21)22)13-7-12(8-13)17-16(23)11-6-14(20)19(9-11)4-5-24-2/h11-13H,3-10H2,1-2H3,(H,17,23)(H,21,22). The number of likely N-dealkylation sites (N-methyl/N-ethyl adjacent to an activating group) is 1. The minimum Gasteiger partial charge on any atom is -0.480 e. The zero-order valence-electron chi connectivity index (χ0n) is 14.4. The molecule has 2 aliphatic rings. The van der Waals surface area contributed by atoms with Crippen LogP contribution in [0.1, 0.15) is 26.2 Å². The van der Waals surface area contributed by atoms with Gasteiger partial charge in [-0.15, -0.1) is 0 Å². The molecule has 1 aliphatic heterocycles. The fraction of sp³-hybridized carbons (Fsp3) is 0.812. The molecule has 0 bridgehead atoms. The first-order valence-corrected chi connectivity index (χ1v) is 8.47. The number of nitrogens with one attached hydrogen (secondary N) is 1. The first kappa shape index (κ1) is 18.7. The Morgan fingerprint density at radius 3 is 2.71 bits per heavy atom. The van der Waals surface area contributed by atoms with Gasteiger partial charge in [-0.3, -0.25) is 19.3 Å². The van der Waals surface area contributed by atoms with Crippen molar-refractivity contribution in [1.29, 1.82) is 0 Å². The Labute approximate surface area is 142 Å². The third-order valence-electron chi connectivity index (χ3n) is 4.87. The maximum atomic E-state index is 12.3. The maximum absolute atomic E-state index is 12.3. The summed E-state index contributed by atoms with van der Waals surface area (Å²) in [7, 11) is 1.59. The summed E-state index contributed by atoms with van der Waals surface area (Å²) in [6.07, 6.45) is 1.79. The Morgan fingerprint density at radius 2 is 2.12 bits per heavy atom. The van der Waals surface area contributed by atoms with Crippen LogP contribution in [0.5, 0.6) is 0 Å². The average molecular weight is 341 g/mol. The molecule has 1 atom stereocenters. The predicted octanol–water partition coefficient (Wildman–Crippen LogP) is -0.465. The second-order valence-corrected chi connectivity index (χ2v) is 6.52. The summed E-state index contributed by atoms with van der Waals surface area (Å²) in [4.78, 5) is 38.6. The van der Waals surface area contributed by atoms with Crippen molar-refractivity contribution in [2.75, 3.05) is 39.9 Å². The van der Waals surface area contributed by atoms with Gasteiger partial charge in [-0.1, -0.05) is 6.92 Å². The van der Waals surface area contributed by atoms with E-state index in [-0.39, 0.29) is 42.8 Å². The Kier molecular flexibility index (Phi) is 6.56. The van der Waals surface area contributed by atoms with Gasteiger partial charge in [-0.2, -0.15) is 0 Å². The summed E-state index contributed by atoms with van der Waals surface area (Å²) in [5.74, 6) is -1.20. The fourth-order valence-corrected chi connectivity index (χ4v) is 3.36. The minimum absolute atomic E-state index is 0.00250. The van der Waals surface area contributed by atoms with Crippen LogP contribution in [0, 0.1) is 5.92 Å². The third-order valence-corrected chi connectivity index (χ3v) is 4.87. The lowest BCUT2D eigenvalue weighted by molar-refractivity contribution is -0.140. The van der Waals surface area contributed by atoms with E-state index < -0.39 is 5.97 Å². The molecular weight excluding hydrogens is 314 g/mol. The molecule has 1 saturated heterocycles. The van der Waals surface area contributed by atoms with E-state index in [1.807, 2.05) is 11.8 Å². The molecule has 1 heterocycles. The average Bonchev–Trinajstić information content (AvgIpc) is 2.87. The number of nitrogens with zero attached hydrogens (tertiary/aromatic N) is 2. The normalized spacial score (nSPS) is 26.5. The number of ether oxygens (including phenoxy) is 1. The van der Waals surface area contributed by atoms with Crippen molar-refractivity contribution >= 4 is 17.8 Å². The van der Waals surface area contributed by atoms with Crippen molar-refractivity contribution < 1.29 is 24.2 Å². The van der Waals surface area contributed by atoms with Crippen LogP contribution in [0.15, 0.2) is 0 Å². The highest BCUT2D eigenvalue weighted by Crippen LogP contribution is 2.26. The van der Waals surface area contributed by atoms with Crippen LogP contribution in [0.4, 0.5) is 0 Å². The Balaban J connectivity index is 1.73. The number of rotatable bonds is 9. The van der Waals surface area contributed by atoms with Crippen LogP contribution in [0.3, 0.4) is 0 Å². The highest BCUT2D eigenvalue weighted by molar-refractivity contribution is 5.89. The number of hydrogen-bond donors (Lipinski definition) is 2. The molecule has 2 fully saturated rings. The van der Waals surface area contributed by atoms with Crippen LogP contribution < -0.4 is 5.32 Å². The molecule has 0 spiro atoms. The number of carbonyl (C=O) groups excluding carboxylic acids is 2. The van der Waals surface area contributed by atoms with E-state index >= 15 is 0 Å². The lowest BCUT2D eigenvalue weighted by Gasteiger charge is -2.42. The molecular formula is C16H27N3O5. The summed E-state index contributed by atoms with van der Waals surface area (Å²) < 4.78 is 4.97. The van der Waals surface area contributed by atoms with E-state index in [1.54, 1.807) is 12.0 Å². The number of aliphatic carboxylic acids is 1. The fourth-order valence-electron chi connectivity index (χ4n) is 3.36. The van der Waals surface area contributed by atoms with E-state index in [2.05, 4.69) is 5.32 Å². The number of carboxylic acids is 1. The molecule has 0 aromatic carbocycles. The first-order valence-electron chi connectivity index (χ1n) is 8.47. The Bertz CT molecular complexity index is 478. The molecule has 2 rings (SSSR count). The summed E-state index contributed by atoms with van der Waals surface area (Å²) >= 11 is 0. The summed E-state index contributed by atoms with van der Waals surface area (Å²) in [6.45, 7) is 4.10. The largest absolute Gasteiger partial charge is 0.480 e. The van der Waals surface area contributed by atoms with Crippen LogP contribution in [-0.4, -0.2) is 84.7 Å². The van der Waals surface area contributed by atoms with Crippen LogP contribution >= 0.6 is 0 Å². The van der Waals surface area contributed by atoms with Gasteiger partial charge in [-0.05, 0) is 19.4 Å². The van der Waals surface area contributed by atoms with E-state index in [1.165, 1.54) is 0 Å². The Morgan fingerprint density at radius 1 is 1.42 bits per heavy atom. The molecule has 1 aliphatic carbocycles. The van der Waals surface area contributed by atoms with Gasteiger partial charge >= 0.3 is 5.97 Å². The topological polar surface area (TPSA) is 99.2 Å².